The van der Waals surface area contributed by atoms with E-state index in [1.54, 1.807) is 19.4 Å². The molecule has 4 nitrogen and oxygen atoms in total. The van der Waals surface area contributed by atoms with Crippen molar-refractivity contribution in [1.29, 1.82) is 5.26 Å². The number of aromatic nitrogens is 1. The number of anilines is 1. The van der Waals surface area contributed by atoms with Crippen molar-refractivity contribution in [3.63, 3.8) is 0 Å². The van der Waals surface area contributed by atoms with Crippen LogP contribution in [0.2, 0.25) is 0 Å². The van der Waals surface area contributed by atoms with Gasteiger partial charge in [0.2, 0.25) is 0 Å². The van der Waals surface area contributed by atoms with Crippen molar-refractivity contribution in [1.82, 2.24) is 4.98 Å². The molecule has 1 aliphatic carbocycles. The van der Waals surface area contributed by atoms with Crippen LogP contribution in [-0.2, 0) is 5.41 Å². The highest BCUT2D eigenvalue weighted by Crippen LogP contribution is 2.44. The molecule has 1 aliphatic rings. The van der Waals surface area contributed by atoms with E-state index in [9.17, 15) is 0 Å². The van der Waals surface area contributed by atoms with Gasteiger partial charge in [0.05, 0.1) is 12.7 Å². The van der Waals surface area contributed by atoms with Crippen molar-refractivity contribution in [2.24, 2.45) is 0 Å². The van der Waals surface area contributed by atoms with Gasteiger partial charge in [-0.2, -0.15) is 5.26 Å². The quantitative estimate of drug-likeness (QED) is 0.910. The van der Waals surface area contributed by atoms with Crippen molar-refractivity contribution >= 4 is 5.82 Å². The first-order chi connectivity index (χ1) is 11.3. The topological polar surface area (TPSA) is 57.9 Å². The van der Waals surface area contributed by atoms with Gasteiger partial charge in [-0.3, -0.25) is 0 Å². The Labute approximate surface area is 137 Å². The maximum atomic E-state index is 8.85. The van der Waals surface area contributed by atoms with E-state index in [0.29, 0.717) is 5.56 Å². The first-order valence-electron chi connectivity index (χ1n) is 8.01. The van der Waals surface area contributed by atoms with Crippen molar-refractivity contribution in [3.8, 4) is 11.8 Å². The average molecular weight is 307 g/mol. The zero-order chi connectivity index (χ0) is 16.1. The van der Waals surface area contributed by atoms with Crippen LogP contribution in [0, 0.1) is 11.3 Å². The van der Waals surface area contributed by atoms with Gasteiger partial charge in [0, 0.05) is 23.7 Å². The Morgan fingerprint density at radius 3 is 2.65 bits per heavy atom. The van der Waals surface area contributed by atoms with E-state index < -0.39 is 0 Å². The third-order valence-corrected chi connectivity index (χ3v) is 4.74. The first-order valence-corrected chi connectivity index (χ1v) is 8.01. The molecule has 0 aliphatic heterocycles. The van der Waals surface area contributed by atoms with Crippen LogP contribution < -0.4 is 10.1 Å². The Morgan fingerprint density at radius 2 is 2.00 bits per heavy atom. The van der Waals surface area contributed by atoms with Gasteiger partial charge in [0.1, 0.15) is 17.6 Å². The summed E-state index contributed by atoms with van der Waals surface area (Å²) in [7, 11) is 1.73. The summed E-state index contributed by atoms with van der Waals surface area (Å²) in [6, 6.07) is 14.1. The van der Waals surface area contributed by atoms with Crippen LogP contribution in [0.15, 0.2) is 42.6 Å². The molecular formula is C19H21N3O. The lowest BCUT2D eigenvalue weighted by Crippen LogP contribution is -2.32. The standard InChI is InChI=1S/C19H21N3O/c1-23-17-7-3-2-6-16(17)19(10-4-5-11-19)14-22-18-9-8-15(12-20)13-21-18/h2-3,6-9,13H,4-5,10-11,14H2,1H3,(H,21,22). The molecule has 1 heterocycles. The van der Waals surface area contributed by atoms with Gasteiger partial charge < -0.3 is 10.1 Å². The Morgan fingerprint density at radius 1 is 1.22 bits per heavy atom. The Balaban J connectivity index is 1.82. The van der Waals surface area contributed by atoms with Crippen LogP contribution in [0.5, 0.6) is 5.75 Å². The molecular weight excluding hydrogens is 286 g/mol. The maximum absolute atomic E-state index is 8.85. The Bertz CT molecular complexity index is 697. The summed E-state index contributed by atoms with van der Waals surface area (Å²) in [5.74, 6) is 1.77. The number of pyridine rings is 1. The highest BCUT2D eigenvalue weighted by atomic mass is 16.5. The van der Waals surface area contributed by atoms with Crippen LogP contribution in [-0.4, -0.2) is 18.6 Å². The number of methoxy groups -OCH3 is 1. The molecule has 4 heteroatoms. The number of hydrogen-bond acceptors (Lipinski definition) is 4. The summed E-state index contributed by atoms with van der Waals surface area (Å²) < 4.78 is 5.59. The molecule has 2 aromatic rings. The molecule has 0 bridgehead atoms. The van der Waals surface area contributed by atoms with Crippen molar-refractivity contribution < 1.29 is 4.74 Å². The molecule has 1 saturated carbocycles. The highest BCUT2D eigenvalue weighted by Gasteiger charge is 2.37. The molecule has 0 radical (unpaired) electrons. The van der Waals surface area contributed by atoms with Crippen LogP contribution in [0.25, 0.3) is 0 Å². The summed E-state index contributed by atoms with van der Waals surface area (Å²) in [6.07, 6.45) is 6.38. The third kappa shape index (κ3) is 3.14. The SMILES string of the molecule is COc1ccccc1C1(CNc2ccc(C#N)cn2)CCCC1. The van der Waals surface area contributed by atoms with Crippen molar-refractivity contribution in [2.45, 2.75) is 31.1 Å². The molecule has 0 atom stereocenters. The monoisotopic (exact) mass is 307 g/mol. The lowest BCUT2D eigenvalue weighted by atomic mass is 9.78. The van der Waals surface area contributed by atoms with Gasteiger partial charge in [-0.25, -0.2) is 4.98 Å². The van der Waals surface area contributed by atoms with E-state index in [4.69, 9.17) is 10.00 Å². The van der Waals surface area contributed by atoms with Crippen LogP contribution in [0.3, 0.4) is 0 Å². The van der Waals surface area contributed by atoms with Gasteiger partial charge in [-0.1, -0.05) is 31.0 Å². The number of hydrogen-bond donors (Lipinski definition) is 1. The van der Waals surface area contributed by atoms with Gasteiger partial charge in [-0.05, 0) is 31.0 Å². The minimum absolute atomic E-state index is 0.0855. The second-order valence-electron chi connectivity index (χ2n) is 6.09. The molecule has 1 N–H and O–H groups in total. The van der Waals surface area contributed by atoms with Crippen molar-refractivity contribution in [3.05, 3.63) is 53.7 Å². The van der Waals surface area contributed by atoms with Crippen LogP contribution >= 0.6 is 0 Å². The largest absolute Gasteiger partial charge is 0.496 e. The summed E-state index contributed by atoms with van der Waals surface area (Å²) in [5.41, 5.74) is 1.94. The number of benzene rings is 1. The lowest BCUT2D eigenvalue weighted by molar-refractivity contribution is 0.381. The smallest absolute Gasteiger partial charge is 0.125 e. The van der Waals surface area contributed by atoms with E-state index in [-0.39, 0.29) is 5.41 Å². The molecule has 0 saturated heterocycles. The fourth-order valence-corrected chi connectivity index (χ4v) is 3.50. The Kier molecular flexibility index (Phi) is 4.47. The summed E-state index contributed by atoms with van der Waals surface area (Å²) in [6.45, 7) is 0.826. The number of nitriles is 1. The molecule has 1 aromatic carbocycles. The summed E-state index contributed by atoms with van der Waals surface area (Å²) >= 11 is 0. The lowest BCUT2D eigenvalue weighted by Gasteiger charge is -2.31. The minimum atomic E-state index is 0.0855. The van der Waals surface area contributed by atoms with Crippen molar-refractivity contribution in [2.75, 3.05) is 19.0 Å². The second kappa shape index (κ2) is 6.70. The fourth-order valence-electron chi connectivity index (χ4n) is 3.50. The van der Waals surface area contributed by atoms with Gasteiger partial charge in [0.15, 0.2) is 0 Å². The molecule has 1 fully saturated rings. The number of ether oxygens (including phenoxy) is 1. The molecule has 118 valence electrons. The maximum Gasteiger partial charge on any atom is 0.125 e. The van der Waals surface area contributed by atoms with Gasteiger partial charge >= 0.3 is 0 Å². The zero-order valence-electron chi connectivity index (χ0n) is 13.4. The first kappa shape index (κ1) is 15.4. The normalized spacial score (nSPS) is 15.8. The molecule has 0 amide bonds. The Hall–Kier alpha value is -2.54. The number of nitrogens with zero attached hydrogens (tertiary/aromatic N) is 2. The molecule has 0 spiro atoms. The highest BCUT2D eigenvalue weighted by molar-refractivity contribution is 5.44. The predicted molar refractivity (Wildman–Crippen MR) is 90.6 cm³/mol. The van der Waals surface area contributed by atoms with Gasteiger partial charge in [-0.15, -0.1) is 0 Å². The number of para-hydroxylation sites is 1. The zero-order valence-corrected chi connectivity index (χ0v) is 13.4. The molecule has 0 unspecified atom stereocenters. The minimum Gasteiger partial charge on any atom is -0.496 e. The molecule has 3 rings (SSSR count). The second-order valence-corrected chi connectivity index (χ2v) is 6.09. The predicted octanol–water partition coefficient (Wildman–Crippen LogP) is 3.89. The van der Waals surface area contributed by atoms with E-state index in [2.05, 4.69) is 28.5 Å². The third-order valence-electron chi connectivity index (χ3n) is 4.74. The van der Waals surface area contributed by atoms with Crippen LogP contribution in [0.1, 0.15) is 36.8 Å². The van der Waals surface area contributed by atoms with Gasteiger partial charge in [0.25, 0.3) is 0 Å². The summed E-state index contributed by atoms with van der Waals surface area (Å²) in [4.78, 5) is 4.31. The number of nitrogens with one attached hydrogen (secondary N) is 1. The van der Waals surface area contributed by atoms with Crippen LogP contribution in [0.4, 0.5) is 5.82 Å². The average Bonchev–Trinajstić information content (AvgIpc) is 3.10. The van der Waals surface area contributed by atoms with E-state index >= 15 is 0 Å². The molecule has 1 aromatic heterocycles. The van der Waals surface area contributed by atoms with E-state index in [0.717, 1.165) is 31.0 Å². The molecule has 23 heavy (non-hydrogen) atoms. The van der Waals surface area contributed by atoms with E-state index in [1.165, 1.54) is 18.4 Å². The van der Waals surface area contributed by atoms with E-state index in [1.807, 2.05) is 18.2 Å². The fraction of sp³-hybridized carbons (Fsp3) is 0.368. The summed E-state index contributed by atoms with van der Waals surface area (Å²) in [5, 5.41) is 12.3. The number of rotatable bonds is 5.